The number of aromatic nitrogens is 4. The third kappa shape index (κ3) is 5.78. The van der Waals surface area contributed by atoms with Gasteiger partial charge < -0.3 is 4.90 Å². The summed E-state index contributed by atoms with van der Waals surface area (Å²) in [5.74, 6) is 1.78. The molecule has 0 unspecified atom stereocenters. The fraction of sp³-hybridized carbons (Fsp3) is 0.0417. The number of hydrogen-bond acceptors (Lipinski definition) is 3. The van der Waals surface area contributed by atoms with Crippen molar-refractivity contribution in [3.63, 3.8) is 0 Å². The van der Waals surface area contributed by atoms with Gasteiger partial charge in [0.15, 0.2) is 0 Å². The molecule has 0 aliphatic carbocycles. The van der Waals surface area contributed by atoms with E-state index < -0.39 is 0 Å². The molecule has 0 radical (unpaired) electrons. The van der Waals surface area contributed by atoms with Crippen molar-refractivity contribution in [2.75, 3.05) is 4.90 Å². The van der Waals surface area contributed by atoms with Gasteiger partial charge in [-0.05, 0) is 85.6 Å². The molecule has 0 amide bonds. The largest absolute Gasteiger partial charge is 0.310 e. The van der Waals surface area contributed by atoms with E-state index in [1.165, 1.54) is 5.56 Å². The van der Waals surface area contributed by atoms with Crippen molar-refractivity contribution in [3.05, 3.63) is 200 Å². The Balaban J connectivity index is 1.29. The Labute approximate surface area is 309 Å². The summed E-state index contributed by atoms with van der Waals surface area (Å²) in [5, 5.41) is 1.15. The van der Waals surface area contributed by atoms with Crippen LogP contribution in [-0.4, -0.2) is 19.1 Å². The predicted molar refractivity (Wildman–Crippen MR) is 219 cm³/mol. The minimum absolute atomic E-state index is 0.863. The molecule has 254 valence electrons. The van der Waals surface area contributed by atoms with Crippen molar-refractivity contribution in [2.24, 2.45) is 0 Å². The van der Waals surface area contributed by atoms with Crippen LogP contribution < -0.4 is 4.90 Å². The SMILES string of the molecule is Cc1nc(-c2cccc(N(c3ccccc3)c3ccc4c(-c5ccccc5)c(-c5ccccc5)n(-c5ccccn5)c4c3)c2)n(-c2ccccc2)c1C. The number of pyridine rings is 1. The summed E-state index contributed by atoms with van der Waals surface area (Å²) < 4.78 is 4.57. The van der Waals surface area contributed by atoms with Gasteiger partial charge in [0.05, 0.1) is 16.9 Å². The number of benzene rings is 6. The van der Waals surface area contributed by atoms with Gasteiger partial charge >= 0.3 is 0 Å². The van der Waals surface area contributed by atoms with Crippen LogP contribution in [0.4, 0.5) is 17.1 Å². The molecule has 0 bridgehead atoms. The highest BCUT2D eigenvalue weighted by molar-refractivity contribution is 6.07. The summed E-state index contributed by atoms with van der Waals surface area (Å²) in [4.78, 5) is 12.3. The Kier molecular flexibility index (Phi) is 8.22. The molecule has 3 heterocycles. The molecule has 9 rings (SSSR count). The van der Waals surface area contributed by atoms with Crippen LogP contribution in [0.2, 0.25) is 0 Å². The van der Waals surface area contributed by atoms with E-state index in [4.69, 9.17) is 9.97 Å². The minimum atomic E-state index is 0.863. The molecule has 5 heteroatoms. The highest BCUT2D eigenvalue weighted by atomic mass is 15.2. The lowest BCUT2D eigenvalue weighted by molar-refractivity contribution is 1.01. The molecule has 6 aromatic carbocycles. The maximum atomic E-state index is 5.09. The van der Waals surface area contributed by atoms with Crippen LogP contribution in [0.5, 0.6) is 0 Å². The van der Waals surface area contributed by atoms with E-state index in [1.54, 1.807) is 0 Å². The van der Waals surface area contributed by atoms with Gasteiger partial charge in [-0.1, -0.05) is 121 Å². The molecule has 0 aliphatic heterocycles. The average molecular weight is 684 g/mol. The Morgan fingerprint density at radius 3 is 1.79 bits per heavy atom. The first-order chi connectivity index (χ1) is 26.2. The van der Waals surface area contributed by atoms with Gasteiger partial charge in [-0.25, -0.2) is 9.97 Å². The van der Waals surface area contributed by atoms with Gasteiger partial charge in [0.2, 0.25) is 0 Å². The second kappa shape index (κ2) is 13.6. The Morgan fingerprint density at radius 2 is 1.09 bits per heavy atom. The molecular formula is C48H37N5. The number of fused-ring (bicyclic) bond motifs is 1. The summed E-state index contributed by atoms with van der Waals surface area (Å²) in [6, 6.07) is 64.0. The molecule has 3 aromatic heterocycles. The first-order valence-electron chi connectivity index (χ1n) is 17.9. The van der Waals surface area contributed by atoms with E-state index in [-0.39, 0.29) is 0 Å². The lowest BCUT2D eigenvalue weighted by Crippen LogP contribution is -2.10. The van der Waals surface area contributed by atoms with Crippen molar-refractivity contribution in [1.82, 2.24) is 19.1 Å². The van der Waals surface area contributed by atoms with Crippen molar-refractivity contribution in [3.8, 4) is 45.3 Å². The van der Waals surface area contributed by atoms with E-state index in [9.17, 15) is 0 Å². The molecule has 9 aromatic rings. The standard InChI is InChI=1S/C48H37N5/c1-34-35(2)51(39-23-11-5-12-24-39)48(50-34)38-22-17-27-41(32-38)52(40-25-13-6-14-26-40)42-29-30-43-44(33-42)53(45-28-15-16-31-49-45)47(37-20-9-4-10-21-37)46(43)36-18-7-3-8-19-36/h3-33H,1-2H3. The Hall–Kier alpha value is -6.98. The number of nitrogens with zero attached hydrogens (tertiary/aromatic N) is 5. The number of para-hydroxylation sites is 2. The van der Waals surface area contributed by atoms with Crippen LogP contribution in [0.1, 0.15) is 11.4 Å². The topological polar surface area (TPSA) is 38.9 Å². The van der Waals surface area contributed by atoms with Crippen LogP contribution in [0.3, 0.4) is 0 Å². The summed E-state index contributed by atoms with van der Waals surface area (Å²) in [6.45, 7) is 4.22. The summed E-state index contributed by atoms with van der Waals surface area (Å²) in [5.41, 5.74) is 13.0. The fourth-order valence-electron chi connectivity index (χ4n) is 7.41. The number of imidazole rings is 1. The Bertz CT molecular complexity index is 2660. The molecular weight excluding hydrogens is 647 g/mol. The maximum absolute atomic E-state index is 5.09. The van der Waals surface area contributed by atoms with Crippen molar-refractivity contribution in [2.45, 2.75) is 13.8 Å². The minimum Gasteiger partial charge on any atom is -0.310 e. The van der Waals surface area contributed by atoms with Crippen LogP contribution in [0, 0.1) is 13.8 Å². The third-order valence-corrected chi connectivity index (χ3v) is 9.93. The molecule has 0 saturated heterocycles. The quantitative estimate of drug-likeness (QED) is 0.160. The zero-order chi connectivity index (χ0) is 35.7. The summed E-state index contributed by atoms with van der Waals surface area (Å²) >= 11 is 0. The zero-order valence-corrected chi connectivity index (χ0v) is 29.6. The number of anilines is 3. The van der Waals surface area contributed by atoms with E-state index >= 15 is 0 Å². The Morgan fingerprint density at radius 1 is 0.491 bits per heavy atom. The van der Waals surface area contributed by atoms with Gasteiger partial charge in [-0.2, -0.15) is 0 Å². The number of hydrogen-bond donors (Lipinski definition) is 0. The molecule has 0 spiro atoms. The van der Waals surface area contributed by atoms with E-state index in [0.717, 1.165) is 79.1 Å². The third-order valence-electron chi connectivity index (χ3n) is 9.93. The molecule has 0 fully saturated rings. The molecule has 0 atom stereocenters. The smallest absolute Gasteiger partial charge is 0.145 e. The molecule has 5 nitrogen and oxygen atoms in total. The van der Waals surface area contributed by atoms with Crippen LogP contribution in [0.25, 0.3) is 56.2 Å². The van der Waals surface area contributed by atoms with Gasteiger partial charge in [0, 0.05) is 51.2 Å². The molecule has 0 N–H and O–H groups in total. The summed E-state index contributed by atoms with van der Waals surface area (Å²) in [6.07, 6.45) is 1.87. The van der Waals surface area contributed by atoms with Crippen LogP contribution in [-0.2, 0) is 0 Å². The highest BCUT2D eigenvalue weighted by Gasteiger charge is 2.24. The molecule has 0 aliphatic rings. The number of rotatable bonds is 8. The number of aryl methyl sites for hydroxylation is 1. The van der Waals surface area contributed by atoms with E-state index in [1.807, 2.05) is 18.3 Å². The second-order valence-corrected chi connectivity index (χ2v) is 13.2. The molecule has 53 heavy (non-hydrogen) atoms. The molecule has 0 saturated carbocycles. The normalized spacial score (nSPS) is 11.2. The van der Waals surface area contributed by atoms with Crippen LogP contribution in [0.15, 0.2) is 188 Å². The van der Waals surface area contributed by atoms with Gasteiger partial charge in [-0.3, -0.25) is 9.13 Å². The van der Waals surface area contributed by atoms with E-state index in [2.05, 4.69) is 198 Å². The van der Waals surface area contributed by atoms with Crippen LogP contribution >= 0.6 is 0 Å². The van der Waals surface area contributed by atoms with Crippen molar-refractivity contribution < 1.29 is 0 Å². The predicted octanol–water partition coefficient (Wildman–Crippen LogP) is 12.3. The summed E-state index contributed by atoms with van der Waals surface area (Å²) in [7, 11) is 0. The maximum Gasteiger partial charge on any atom is 0.145 e. The van der Waals surface area contributed by atoms with Gasteiger partial charge in [0.25, 0.3) is 0 Å². The fourth-order valence-corrected chi connectivity index (χ4v) is 7.41. The van der Waals surface area contributed by atoms with Gasteiger partial charge in [-0.15, -0.1) is 0 Å². The second-order valence-electron chi connectivity index (χ2n) is 13.2. The van der Waals surface area contributed by atoms with Gasteiger partial charge in [0.1, 0.15) is 11.6 Å². The van der Waals surface area contributed by atoms with E-state index in [0.29, 0.717) is 0 Å². The average Bonchev–Trinajstić information content (AvgIpc) is 3.73. The lowest BCUT2D eigenvalue weighted by Gasteiger charge is -2.26. The highest BCUT2D eigenvalue weighted by Crippen LogP contribution is 2.45. The lowest BCUT2D eigenvalue weighted by atomic mass is 9.98. The monoisotopic (exact) mass is 683 g/mol. The van der Waals surface area contributed by atoms with Crippen molar-refractivity contribution >= 4 is 28.0 Å². The first-order valence-corrected chi connectivity index (χ1v) is 17.9. The van der Waals surface area contributed by atoms with Crippen molar-refractivity contribution in [1.29, 1.82) is 0 Å². The zero-order valence-electron chi connectivity index (χ0n) is 29.6. The first kappa shape index (κ1) is 32.0.